The number of H-pyrrole nitrogens is 1. The number of benzene rings is 1. The summed E-state index contributed by atoms with van der Waals surface area (Å²) < 4.78 is 5.34. The van der Waals surface area contributed by atoms with Crippen molar-refractivity contribution in [3.8, 4) is 11.5 Å². The van der Waals surface area contributed by atoms with Gasteiger partial charge in [-0.3, -0.25) is 4.79 Å². The average Bonchev–Trinajstić information content (AvgIpc) is 2.93. The standard InChI is InChI=1S/C15H14N4O2.ClH/c16-15(6-3-7-15)14-18-13(21-19-14)10-8-12(20)17-11-5-2-1-4-9(10)11;/h1-2,4-5,8H,3,6-7,16H2,(H,17,20);1H. The van der Waals surface area contributed by atoms with Crippen LogP contribution in [0, 0.1) is 0 Å². The molecule has 1 aliphatic carbocycles. The van der Waals surface area contributed by atoms with Crippen LogP contribution in [0.5, 0.6) is 0 Å². The highest BCUT2D eigenvalue weighted by Crippen LogP contribution is 2.38. The molecule has 3 aromatic rings. The van der Waals surface area contributed by atoms with Gasteiger partial charge in [0.1, 0.15) is 0 Å². The van der Waals surface area contributed by atoms with Crippen LogP contribution in [0.1, 0.15) is 25.1 Å². The molecule has 1 fully saturated rings. The highest BCUT2D eigenvalue weighted by Gasteiger charge is 2.39. The molecule has 0 radical (unpaired) electrons. The molecule has 1 aliphatic rings. The number of nitrogens with zero attached hydrogens (tertiary/aromatic N) is 2. The fraction of sp³-hybridized carbons (Fsp3) is 0.267. The molecule has 7 heteroatoms. The summed E-state index contributed by atoms with van der Waals surface area (Å²) in [7, 11) is 0. The Morgan fingerprint density at radius 2 is 2.05 bits per heavy atom. The number of nitrogens with one attached hydrogen (secondary N) is 1. The normalized spacial score (nSPS) is 16.0. The van der Waals surface area contributed by atoms with Crippen LogP contribution >= 0.6 is 12.4 Å². The highest BCUT2D eigenvalue weighted by atomic mass is 35.5. The summed E-state index contributed by atoms with van der Waals surface area (Å²) in [6.07, 6.45) is 2.80. The van der Waals surface area contributed by atoms with E-state index in [2.05, 4.69) is 15.1 Å². The highest BCUT2D eigenvalue weighted by molar-refractivity contribution is 5.91. The third kappa shape index (κ3) is 2.20. The third-order valence-electron chi connectivity index (χ3n) is 4.10. The smallest absolute Gasteiger partial charge is 0.258 e. The minimum absolute atomic E-state index is 0. The van der Waals surface area contributed by atoms with Gasteiger partial charge in [0.15, 0.2) is 5.82 Å². The fourth-order valence-corrected chi connectivity index (χ4v) is 2.70. The largest absolute Gasteiger partial charge is 0.334 e. The van der Waals surface area contributed by atoms with Crippen molar-refractivity contribution in [3.63, 3.8) is 0 Å². The van der Waals surface area contributed by atoms with Gasteiger partial charge in [0.25, 0.3) is 5.89 Å². The molecule has 3 N–H and O–H groups in total. The van der Waals surface area contributed by atoms with Crippen LogP contribution in [-0.2, 0) is 5.54 Å². The summed E-state index contributed by atoms with van der Waals surface area (Å²) in [5, 5.41) is 4.87. The van der Waals surface area contributed by atoms with Gasteiger partial charge in [-0.05, 0) is 25.3 Å². The molecule has 0 amide bonds. The Bertz CT molecular complexity index is 882. The molecule has 114 valence electrons. The van der Waals surface area contributed by atoms with Crippen molar-refractivity contribution in [1.29, 1.82) is 0 Å². The van der Waals surface area contributed by atoms with E-state index in [4.69, 9.17) is 10.3 Å². The van der Waals surface area contributed by atoms with Gasteiger partial charge in [0.05, 0.1) is 11.1 Å². The first kappa shape index (κ1) is 14.7. The number of hydrogen-bond acceptors (Lipinski definition) is 5. The summed E-state index contributed by atoms with van der Waals surface area (Å²) in [6, 6.07) is 8.99. The lowest BCUT2D eigenvalue weighted by atomic mass is 9.77. The lowest BCUT2D eigenvalue weighted by Crippen LogP contribution is -2.44. The second-order valence-electron chi connectivity index (χ2n) is 5.53. The van der Waals surface area contributed by atoms with Gasteiger partial charge in [-0.1, -0.05) is 23.4 Å². The molecule has 1 aromatic carbocycles. The number of aromatic nitrogens is 3. The zero-order valence-corrected chi connectivity index (χ0v) is 12.5. The monoisotopic (exact) mass is 318 g/mol. The first-order valence-electron chi connectivity index (χ1n) is 6.91. The van der Waals surface area contributed by atoms with Crippen molar-refractivity contribution in [2.75, 3.05) is 0 Å². The molecule has 2 heterocycles. The molecule has 6 nitrogen and oxygen atoms in total. The van der Waals surface area contributed by atoms with Crippen LogP contribution in [0.25, 0.3) is 22.4 Å². The molecular weight excluding hydrogens is 304 g/mol. The Morgan fingerprint density at radius 1 is 1.27 bits per heavy atom. The number of rotatable bonds is 2. The van der Waals surface area contributed by atoms with Gasteiger partial charge in [-0.25, -0.2) is 0 Å². The molecule has 4 rings (SSSR count). The minimum atomic E-state index is -0.473. The summed E-state index contributed by atoms with van der Waals surface area (Å²) in [5.41, 5.74) is 6.91. The van der Waals surface area contributed by atoms with Gasteiger partial charge in [-0.15, -0.1) is 12.4 Å². The Morgan fingerprint density at radius 3 is 2.77 bits per heavy atom. The van der Waals surface area contributed by atoms with E-state index in [-0.39, 0.29) is 18.0 Å². The Balaban J connectivity index is 0.00000144. The van der Waals surface area contributed by atoms with Crippen molar-refractivity contribution >= 4 is 23.3 Å². The van der Waals surface area contributed by atoms with Crippen molar-refractivity contribution in [2.24, 2.45) is 5.73 Å². The number of fused-ring (bicyclic) bond motifs is 1. The van der Waals surface area contributed by atoms with Crippen LogP contribution in [0.4, 0.5) is 0 Å². The molecule has 0 saturated heterocycles. The number of aromatic amines is 1. The second-order valence-corrected chi connectivity index (χ2v) is 5.53. The zero-order valence-electron chi connectivity index (χ0n) is 11.7. The van der Waals surface area contributed by atoms with E-state index < -0.39 is 5.54 Å². The Labute approximate surface area is 132 Å². The molecule has 0 bridgehead atoms. The predicted octanol–water partition coefficient (Wildman–Crippen LogP) is 2.34. The van der Waals surface area contributed by atoms with E-state index in [9.17, 15) is 4.79 Å². The number of halogens is 1. The molecule has 1 saturated carbocycles. The third-order valence-corrected chi connectivity index (χ3v) is 4.10. The van der Waals surface area contributed by atoms with E-state index in [1.165, 1.54) is 6.07 Å². The van der Waals surface area contributed by atoms with E-state index >= 15 is 0 Å². The molecule has 2 aromatic heterocycles. The first-order valence-corrected chi connectivity index (χ1v) is 6.91. The SMILES string of the molecule is Cl.NC1(c2noc(-c3cc(=O)[nH]c4ccccc34)n2)CCC1. The minimum Gasteiger partial charge on any atom is -0.334 e. The van der Waals surface area contributed by atoms with E-state index in [0.717, 1.165) is 30.2 Å². The molecule has 0 unspecified atom stereocenters. The molecular formula is C15H15ClN4O2. The van der Waals surface area contributed by atoms with Crippen LogP contribution in [-0.4, -0.2) is 15.1 Å². The van der Waals surface area contributed by atoms with Crippen molar-refractivity contribution in [3.05, 3.63) is 46.5 Å². The van der Waals surface area contributed by atoms with Gasteiger partial charge in [0.2, 0.25) is 5.56 Å². The molecule has 0 aliphatic heterocycles. The number of para-hydroxylation sites is 1. The zero-order chi connectivity index (χ0) is 14.4. The summed E-state index contributed by atoms with van der Waals surface area (Å²) >= 11 is 0. The number of nitrogens with two attached hydrogens (primary N) is 1. The van der Waals surface area contributed by atoms with E-state index in [1.54, 1.807) is 0 Å². The second kappa shape index (κ2) is 5.23. The van der Waals surface area contributed by atoms with Gasteiger partial charge < -0.3 is 15.2 Å². The predicted molar refractivity (Wildman–Crippen MR) is 84.8 cm³/mol. The van der Waals surface area contributed by atoms with E-state index in [0.29, 0.717) is 17.3 Å². The average molecular weight is 319 g/mol. The summed E-state index contributed by atoms with van der Waals surface area (Å²) in [5.74, 6) is 0.858. The van der Waals surface area contributed by atoms with Gasteiger partial charge >= 0.3 is 0 Å². The lowest BCUT2D eigenvalue weighted by molar-refractivity contribution is 0.229. The van der Waals surface area contributed by atoms with Gasteiger partial charge in [-0.2, -0.15) is 4.98 Å². The van der Waals surface area contributed by atoms with Crippen LogP contribution in [0.15, 0.2) is 39.6 Å². The Hall–Kier alpha value is -2.18. The summed E-state index contributed by atoms with van der Waals surface area (Å²) in [6.45, 7) is 0. The maximum atomic E-state index is 11.8. The quantitative estimate of drug-likeness (QED) is 0.755. The Kier molecular flexibility index (Phi) is 3.50. The molecule has 22 heavy (non-hydrogen) atoms. The topological polar surface area (TPSA) is 97.8 Å². The lowest BCUT2D eigenvalue weighted by Gasteiger charge is -2.34. The molecule has 0 atom stereocenters. The molecule has 0 spiro atoms. The first-order chi connectivity index (χ1) is 10.2. The van der Waals surface area contributed by atoms with Gasteiger partial charge in [0, 0.05) is 17.0 Å². The summed E-state index contributed by atoms with van der Waals surface area (Å²) in [4.78, 5) is 19.0. The fourth-order valence-electron chi connectivity index (χ4n) is 2.70. The van der Waals surface area contributed by atoms with E-state index in [1.807, 2.05) is 24.3 Å². The van der Waals surface area contributed by atoms with Crippen molar-refractivity contribution in [2.45, 2.75) is 24.8 Å². The maximum Gasteiger partial charge on any atom is 0.258 e. The van der Waals surface area contributed by atoms with Crippen LogP contribution in [0.2, 0.25) is 0 Å². The maximum absolute atomic E-state index is 11.8. The number of pyridine rings is 1. The number of hydrogen-bond donors (Lipinski definition) is 2. The van der Waals surface area contributed by atoms with Crippen molar-refractivity contribution < 1.29 is 4.52 Å². The van der Waals surface area contributed by atoms with Crippen molar-refractivity contribution in [1.82, 2.24) is 15.1 Å². The van der Waals surface area contributed by atoms with Crippen LogP contribution in [0.3, 0.4) is 0 Å². The van der Waals surface area contributed by atoms with Crippen LogP contribution < -0.4 is 11.3 Å².